The minimum absolute atomic E-state index is 0.104. The third-order valence-electron chi connectivity index (χ3n) is 5.32. The van der Waals surface area contributed by atoms with Crippen LogP contribution in [0.15, 0.2) is 18.2 Å². The van der Waals surface area contributed by atoms with Gasteiger partial charge in [0.05, 0.1) is 0 Å². The Hall–Kier alpha value is -2.02. The van der Waals surface area contributed by atoms with E-state index in [1.807, 2.05) is 0 Å². The van der Waals surface area contributed by atoms with E-state index in [9.17, 15) is 18.4 Å². The van der Waals surface area contributed by atoms with Gasteiger partial charge in [-0.15, -0.1) is 0 Å². The Labute approximate surface area is 152 Å². The Morgan fingerprint density at radius 2 is 1.58 bits per heavy atom. The van der Waals surface area contributed by atoms with E-state index in [1.165, 1.54) is 11.0 Å². The number of nitrogens with one attached hydrogen (secondary N) is 1. The molecule has 0 bridgehead atoms. The van der Waals surface area contributed by atoms with E-state index in [0.29, 0.717) is 38.5 Å². The summed E-state index contributed by atoms with van der Waals surface area (Å²) in [6, 6.07) is 3.40. The summed E-state index contributed by atoms with van der Waals surface area (Å²) in [5.41, 5.74) is -0.516. The van der Waals surface area contributed by atoms with Gasteiger partial charge in [-0.1, -0.05) is 6.07 Å². The fourth-order valence-electron chi connectivity index (χ4n) is 3.68. The maximum Gasteiger partial charge on any atom is 0.259 e. The summed E-state index contributed by atoms with van der Waals surface area (Å²) in [6.07, 6.45) is 3.66. The first-order valence-corrected chi connectivity index (χ1v) is 9.28. The number of amides is 2. The number of piperidine rings is 1. The Bertz CT molecular complexity index is 634. The molecule has 0 spiro atoms. The number of halogens is 2. The fourth-order valence-corrected chi connectivity index (χ4v) is 3.68. The topological polar surface area (TPSA) is 52.7 Å². The number of piperazine rings is 1. The van der Waals surface area contributed by atoms with Crippen molar-refractivity contribution in [3.05, 3.63) is 35.4 Å². The molecule has 3 rings (SSSR count). The Kier molecular flexibility index (Phi) is 6.19. The van der Waals surface area contributed by atoms with Gasteiger partial charge >= 0.3 is 0 Å². The molecule has 26 heavy (non-hydrogen) atoms. The molecular formula is C19H25F2N3O2. The van der Waals surface area contributed by atoms with Crippen molar-refractivity contribution in [3.63, 3.8) is 0 Å². The highest BCUT2D eigenvalue weighted by atomic mass is 19.1. The molecule has 2 amide bonds. The molecule has 2 aliphatic heterocycles. The summed E-state index contributed by atoms with van der Waals surface area (Å²) >= 11 is 0. The molecule has 5 nitrogen and oxygen atoms in total. The van der Waals surface area contributed by atoms with Crippen molar-refractivity contribution in [3.8, 4) is 0 Å². The largest absolute Gasteiger partial charge is 0.339 e. The smallest absolute Gasteiger partial charge is 0.259 e. The monoisotopic (exact) mass is 365 g/mol. The molecule has 0 aromatic heterocycles. The van der Waals surface area contributed by atoms with E-state index in [4.69, 9.17) is 0 Å². The predicted molar refractivity (Wildman–Crippen MR) is 93.7 cm³/mol. The van der Waals surface area contributed by atoms with Crippen molar-refractivity contribution < 1.29 is 18.4 Å². The second-order valence-electron chi connectivity index (χ2n) is 7.00. The summed E-state index contributed by atoms with van der Waals surface area (Å²) in [5.74, 6) is -1.65. The molecule has 1 aromatic rings. The summed E-state index contributed by atoms with van der Waals surface area (Å²) < 4.78 is 27.6. The van der Waals surface area contributed by atoms with Crippen LogP contribution >= 0.6 is 0 Å². The van der Waals surface area contributed by atoms with Gasteiger partial charge in [0.2, 0.25) is 5.91 Å². The Balaban J connectivity index is 1.49. The first kappa shape index (κ1) is 18.8. The second kappa shape index (κ2) is 8.58. The lowest BCUT2D eigenvalue weighted by Gasteiger charge is -2.35. The van der Waals surface area contributed by atoms with Crippen LogP contribution in [0.25, 0.3) is 0 Å². The van der Waals surface area contributed by atoms with Crippen LogP contribution in [0, 0.1) is 17.6 Å². The third kappa shape index (κ3) is 4.38. The van der Waals surface area contributed by atoms with E-state index >= 15 is 0 Å². The fraction of sp³-hybridized carbons (Fsp3) is 0.579. The van der Waals surface area contributed by atoms with Crippen LogP contribution < -0.4 is 5.32 Å². The standard InChI is InChI=1S/C19H25F2N3O2/c20-15-2-1-3-16(21)18(15)19(26)24-12-10-23(11-13-24)17(25)5-4-14-6-8-22-9-7-14/h1-3,14,22H,4-13H2. The minimum Gasteiger partial charge on any atom is -0.339 e. The number of nitrogens with zero attached hydrogens (tertiary/aromatic N) is 2. The molecule has 2 fully saturated rings. The highest BCUT2D eigenvalue weighted by Crippen LogP contribution is 2.20. The zero-order valence-electron chi connectivity index (χ0n) is 14.8. The first-order chi connectivity index (χ1) is 12.6. The summed E-state index contributed by atoms with van der Waals surface area (Å²) in [7, 11) is 0. The molecule has 0 unspecified atom stereocenters. The highest BCUT2D eigenvalue weighted by Gasteiger charge is 2.28. The van der Waals surface area contributed by atoms with Crippen molar-refractivity contribution in [2.45, 2.75) is 25.7 Å². The Morgan fingerprint density at radius 1 is 1.00 bits per heavy atom. The van der Waals surface area contributed by atoms with Gasteiger partial charge in [0, 0.05) is 32.6 Å². The molecule has 7 heteroatoms. The molecule has 0 saturated carbocycles. The molecular weight excluding hydrogens is 340 g/mol. The van der Waals surface area contributed by atoms with Crippen LogP contribution in [-0.2, 0) is 4.79 Å². The molecule has 0 aliphatic carbocycles. The molecule has 1 aromatic carbocycles. The molecule has 1 N–H and O–H groups in total. The van der Waals surface area contributed by atoms with Gasteiger partial charge < -0.3 is 15.1 Å². The number of hydrogen-bond donors (Lipinski definition) is 1. The third-order valence-corrected chi connectivity index (χ3v) is 5.32. The number of rotatable bonds is 4. The van der Waals surface area contributed by atoms with E-state index in [2.05, 4.69) is 5.32 Å². The van der Waals surface area contributed by atoms with Gasteiger partial charge in [-0.25, -0.2) is 8.78 Å². The van der Waals surface area contributed by atoms with Crippen molar-refractivity contribution >= 4 is 11.8 Å². The van der Waals surface area contributed by atoms with Crippen LogP contribution in [0.5, 0.6) is 0 Å². The van der Waals surface area contributed by atoms with Gasteiger partial charge in [0.15, 0.2) is 0 Å². The average Bonchev–Trinajstić information content (AvgIpc) is 2.67. The zero-order chi connectivity index (χ0) is 18.5. The SMILES string of the molecule is O=C(CCC1CCNCC1)N1CCN(C(=O)c2c(F)cccc2F)CC1. The van der Waals surface area contributed by atoms with E-state index in [1.54, 1.807) is 4.90 Å². The maximum absolute atomic E-state index is 13.8. The number of carbonyl (C=O) groups excluding carboxylic acids is 2. The lowest BCUT2D eigenvalue weighted by atomic mass is 9.93. The minimum atomic E-state index is -0.851. The van der Waals surface area contributed by atoms with Crippen LogP contribution in [0.2, 0.25) is 0 Å². The van der Waals surface area contributed by atoms with E-state index < -0.39 is 23.1 Å². The zero-order valence-corrected chi connectivity index (χ0v) is 14.8. The van der Waals surface area contributed by atoms with Crippen molar-refractivity contribution in [2.75, 3.05) is 39.3 Å². The molecule has 2 saturated heterocycles. The van der Waals surface area contributed by atoms with Gasteiger partial charge in [0.1, 0.15) is 17.2 Å². The first-order valence-electron chi connectivity index (χ1n) is 9.28. The number of benzene rings is 1. The lowest BCUT2D eigenvalue weighted by molar-refractivity contribution is -0.133. The van der Waals surface area contributed by atoms with Crippen LogP contribution in [0.3, 0.4) is 0 Å². The summed E-state index contributed by atoms with van der Waals surface area (Å²) in [4.78, 5) is 27.9. The van der Waals surface area contributed by atoms with Gasteiger partial charge in [-0.05, 0) is 50.4 Å². The molecule has 0 radical (unpaired) electrons. The summed E-state index contributed by atoms with van der Waals surface area (Å²) in [5, 5.41) is 3.32. The quantitative estimate of drug-likeness (QED) is 0.888. The summed E-state index contributed by atoms with van der Waals surface area (Å²) in [6.45, 7) is 3.45. The molecule has 0 atom stereocenters. The highest BCUT2D eigenvalue weighted by molar-refractivity contribution is 5.95. The van der Waals surface area contributed by atoms with Crippen LogP contribution in [-0.4, -0.2) is 60.9 Å². The number of carbonyl (C=O) groups is 2. The maximum atomic E-state index is 13.8. The van der Waals surface area contributed by atoms with Gasteiger partial charge in [-0.2, -0.15) is 0 Å². The average molecular weight is 365 g/mol. The van der Waals surface area contributed by atoms with Crippen molar-refractivity contribution in [2.24, 2.45) is 5.92 Å². The van der Waals surface area contributed by atoms with Gasteiger partial charge in [-0.3, -0.25) is 9.59 Å². The Morgan fingerprint density at radius 3 is 2.19 bits per heavy atom. The van der Waals surface area contributed by atoms with E-state index in [0.717, 1.165) is 44.5 Å². The van der Waals surface area contributed by atoms with E-state index in [-0.39, 0.29) is 5.91 Å². The molecule has 2 heterocycles. The second-order valence-corrected chi connectivity index (χ2v) is 7.00. The predicted octanol–water partition coefficient (Wildman–Crippen LogP) is 2.03. The van der Waals surface area contributed by atoms with Crippen molar-refractivity contribution in [1.82, 2.24) is 15.1 Å². The van der Waals surface area contributed by atoms with Gasteiger partial charge in [0.25, 0.3) is 5.91 Å². The molecule has 142 valence electrons. The van der Waals surface area contributed by atoms with Crippen molar-refractivity contribution in [1.29, 1.82) is 0 Å². The normalized spacial score (nSPS) is 18.8. The number of hydrogen-bond acceptors (Lipinski definition) is 3. The van der Waals surface area contributed by atoms with Crippen LogP contribution in [0.4, 0.5) is 8.78 Å². The van der Waals surface area contributed by atoms with Crippen LogP contribution in [0.1, 0.15) is 36.0 Å². The lowest BCUT2D eigenvalue weighted by Crippen LogP contribution is -2.51. The molecule has 2 aliphatic rings.